The molecule has 138 valence electrons. The minimum absolute atomic E-state index is 0.0259. The third-order valence-electron chi connectivity index (χ3n) is 3.81. The second kappa shape index (κ2) is 9.24. The highest BCUT2D eigenvalue weighted by Gasteiger charge is 2.14. The summed E-state index contributed by atoms with van der Waals surface area (Å²) in [7, 11) is 3.17. The van der Waals surface area contributed by atoms with Gasteiger partial charge in [0.25, 0.3) is 0 Å². The number of benzene rings is 2. The van der Waals surface area contributed by atoms with Gasteiger partial charge in [0.2, 0.25) is 11.8 Å². The molecule has 2 aromatic rings. The molecule has 2 aromatic carbocycles. The molecule has 0 aromatic heterocycles. The van der Waals surface area contributed by atoms with Crippen molar-refractivity contribution in [3.05, 3.63) is 52.5 Å². The lowest BCUT2D eigenvalue weighted by molar-refractivity contribution is -0.131. The quantitative estimate of drug-likeness (QED) is 0.722. The molecule has 2 N–H and O–H groups in total. The first-order chi connectivity index (χ1) is 12.4. The highest BCUT2D eigenvalue weighted by Crippen LogP contribution is 2.22. The van der Waals surface area contributed by atoms with Crippen LogP contribution in [0.15, 0.2) is 46.9 Å². The fourth-order valence-corrected chi connectivity index (χ4v) is 2.83. The van der Waals surface area contributed by atoms with Crippen LogP contribution in [0.3, 0.4) is 0 Å². The number of nitrogens with zero attached hydrogens (tertiary/aromatic N) is 1. The Morgan fingerprint density at radius 3 is 2.58 bits per heavy atom. The predicted octanol–water partition coefficient (Wildman–Crippen LogP) is 3.28. The molecule has 0 bridgehead atoms. The number of likely N-dealkylation sites (N-methyl/N-ethyl adjacent to an activating group) is 1. The van der Waals surface area contributed by atoms with E-state index in [0.29, 0.717) is 5.75 Å². The van der Waals surface area contributed by atoms with Crippen LogP contribution in [0.4, 0.5) is 11.4 Å². The van der Waals surface area contributed by atoms with Gasteiger partial charge in [-0.2, -0.15) is 0 Å². The van der Waals surface area contributed by atoms with E-state index >= 15 is 0 Å². The zero-order valence-corrected chi connectivity index (χ0v) is 16.6. The molecule has 26 heavy (non-hydrogen) atoms. The molecular weight excluding hydrogens is 398 g/mol. The van der Waals surface area contributed by atoms with E-state index in [1.807, 2.05) is 49.4 Å². The van der Waals surface area contributed by atoms with Crippen LogP contribution in [0.1, 0.15) is 5.56 Å². The van der Waals surface area contributed by atoms with E-state index in [-0.39, 0.29) is 24.9 Å². The van der Waals surface area contributed by atoms with E-state index in [1.54, 1.807) is 14.2 Å². The minimum atomic E-state index is -0.247. The van der Waals surface area contributed by atoms with Gasteiger partial charge in [-0.15, -0.1) is 0 Å². The maximum atomic E-state index is 12.3. The molecular formula is C19H22BrN3O3. The number of methoxy groups -OCH3 is 1. The van der Waals surface area contributed by atoms with Gasteiger partial charge in [0.1, 0.15) is 5.75 Å². The number of aryl methyl sites for hydroxylation is 1. The third kappa shape index (κ3) is 5.49. The average Bonchev–Trinajstić information content (AvgIpc) is 2.62. The normalized spacial score (nSPS) is 10.2. The largest absolute Gasteiger partial charge is 0.495 e. The molecule has 0 aliphatic rings. The van der Waals surface area contributed by atoms with Crippen molar-refractivity contribution in [3.8, 4) is 5.75 Å². The van der Waals surface area contributed by atoms with Crippen molar-refractivity contribution in [2.45, 2.75) is 6.92 Å². The van der Waals surface area contributed by atoms with Gasteiger partial charge in [-0.1, -0.05) is 28.1 Å². The topological polar surface area (TPSA) is 70.7 Å². The Bertz CT molecular complexity index is 795. The van der Waals surface area contributed by atoms with Crippen LogP contribution < -0.4 is 15.4 Å². The van der Waals surface area contributed by atoms with Gasteiger partial charge in [0, 0.05) is 17.2 Å². The number of carbonyl (C=O) groups excluding carboxylic acids is 2. The average molecular weight is 420 g/mol. The van der Waals surface area contributed by atoms with Crippen LogP contribution >= 0.6 is 15.9 Å². The first kappa shape index (κ1) is 19.8. The number of para-hydroxylation sites is 2. The van der Waals surface area contributed by atoms with E-state index in [4.69, 9.17) is 4.74 Å². The lowest BCUT2D eigenvalue weighted by atomic mass is 10.2. The monoisotopic (exact) mass is 419 g/mol. The van der Waals surface area contributed by atoms with Gasteiger partial charge in [0.15, 0.2) is 0 Å². The second-order valence-electron chi connectivity index (χ2n) is 5.81. The van der Waals surface area contributed by atoms with Gasteiger partial charge in [-0.05, 0) is 42.8 Å². The lowest BCUT2D eigenvalue weighted by Crippen LogP contribution is -2.38. The standard InChI is InChI=1S/C19H22BrN3O3/c1-13-10-14(20)8-9-15(13)22-18(24)12-23(2)19(25)11-21-16-6-4-5-7-17(16)26-3/h4-10,21H,11-12H2,1-3H3,(H,22,24). The zero-order valence-electron chi connectivity index (χ0n) is 15.0. The molecule has 0 saturated heterocycles. The summed E-state index contributed by atoms with van der Waals surface area (Å²) in [5.74, 6) is 0.216. The van der Waals surface area contributed by atoms with Crippen LogP contribution in [0.2, 0.25) is 0 Å². The fourth-order valence-electron chi connectivity index (χ4n) is 2.36. The Morgan fingerprint density at radius 2 is 1.88 bits per heavy atom. The maximum absolute atomic E-state index is 12.3. The number of carbonyl (C=O) groups is 2. The molecule has 2 rings (SSSR count). The number of halogens is 1. The predicted molar refractivity (Wildman–Crippen MR) is 107 cm³/mol. The Kier molecular flexibility index (Phi) is 7.03. The Morgan fingerprint density at radius 1 is 1.15 bits per heavy atom. The van der Waals surface area contributed by atoms with Crippen molar-refractivity contribution < 1.29 is 14.3 Å². The van der Waals surface area contributed by atoms with Crippen LogP contribution in [-0.4, -0.2) is 44.0 Å². The summed E-state index contributed by atoms with van der Waals surface area (Å²) in [5.41, 5.74) is 2.40. The van der Waals surface area contributed by atoms with E-state index in [0.717, 1.165) is 21.4 Å². The number of amides is 2. The van der Waals surface area contributed by atoms with Crippen molar-refractivity contribution in [1.82, 2.24) is 4.90 Å². The van der Waals surface area contributed by atoms with Crippen LogP contribution in [-0.2, 0) is 9.59 Å². The number of hydrogen-bond acceptors (Lipinski definition) is 4. The first-order valence-electron chi connectivity index (χ1n) is 8.07. The lowest BCUT2D eigenvalue weighted by Gasteiger charge is -2.18. The summed E-state index contributed by atoms with van der Waals surface area (Å²) < 4.78 is 6.18. The van der Waals surface area contributed by atoms with Crippen LogP contribution in [0, 0.1) is 6.92 Å². The second-order valence-corrected chi connectivity index (χ2v) is 6.73. The SMILES string of the molecule is COc1ccccc1NCC(=O)N(C)CC(=O)Nc1ccc(Br)cc1C. The van der Waals surface area contributed by atoms with Crippen LogP contribution in [0.5, 0.6) is 5.75 Å². The van der Waals surface area contributed by atoms with Gasteiger partial charge in [0.05, 0.1) is 25.9 Å². The molecule has 0 heterocycles. The van der Waals surface area contributed by atoms with Gasteiger partial charge >= 0.3 is 0 Å². The summed E-state index contributed by atoms with van der Waals surface area (Å²) in [5, 5.41) is 5.85. The molecule has 0 radical (unpaired) electrons. The Hall–Kier alpha value is -2.54. The summed E-state index contributed by atoms with van der Waals surface area (Å²) >= 11 is 3.39. The smallest absolute Gasteiger partial charge is 0.243 e. The number of hydrogen-bond donors (Lipinski definition) is 2. The molecule has 0 atom stereocenters. The highest BCUT2D eigenvalue weighted by molar-refractivity contribution is 9.10. The summed E-state index contributed by atoms with van der Waals surface area (Å²) in [6.07, 6.45) is 0. The molecule has 0 saturated carbocycles. The van der Waals surface area contributed by atoms with E-state index < -0.39 is 0 Å². The van der Waals surface area contributed by atoms with Crippen molar-refractivity contribution in [3.63, 3.8) is 0 Å². The van der Waals surface area contributed by atoms with Crippen molar-refractivity contribution in [2.24, 2.45) is 0 Å². The van der Waals surface area contributed by atoms with Crippen molar-refractivity contribution in [1.29, 1.82) is 0 Å². The van der Waals surface area contributed by atoms with Crippen molar-refractivity contribution in [2.75, 3.05) is 37.9 Å². The maximum Gasteiger partial charge on any atom is 0.243 e. The first-order valence-corrected chi connectivity index (χ1v) is 8.87. The minimum Gasteiger partial charge on any atom is -0.495 e. The number of ether oxygens (including phenoxy) is 1. The summed E-state index contributed by atoms with van der Waals surface area (Å²) in [6.45, 7) is 1.95. The fraction of sp³-hybridized carbons (Fsp3) is 0.263. The van der Waals surface area contributed by atoms with Gasteiger partial charge in [-0.3, -0.25) is 9.59 Å². The van der Waals surface area contributed by atoms with E-state index in [9.17, 15) is 9.59 Å². The molecule has 7 heteroatoms. The molecule has 6 nitrogen and oxygen atoms in total. The zero-order chi connectivity index (χ0) is 19.1. The number of anilines is 2. The molecule has 0 aliphatic carbocycles. The van der Waals surface area contributed by atoms with Crippen LogP contribution in [0.25, 0.3) is 0 Å². The molecule has 0 unspecified atom stereocenters. The van der Waals surface area contributed by atoms with E-state index in [1.165, 1.54) is 4.90 Å². The number of nitrogens with one attached hydrogen (secondary N) is 2. The molecule has 2 amide bonds. The molecule has 0 spiro atoms. The number of rotatable bonds is 7. The Labute approximate surface area is 161 Å². The molecule has 0 fully saturated rings. The Balaban J connectivity index is 1.87. The van der Waals surface area contributed by atoms with Gasteiger partial charge in [-0.25, -0.2) is 0 Å². The highest BCUT2D eigenvalue weighted by atomic mass is 79.9. The third-order valence-corrected chi connectivity index (χ3v) is 4.30. The van der Waals surface area contributed by atoms with E-state index in [2.05, 4.69) is 26.6 Å². The van der Waals surface area contributed by atoms with Crippen molar-refractivity contribution >= 4 is 39.1 Å². The molecule has 0 aliphatic heterocycles. The summed E-state index contributed by atoms with van der Waals surface area (Å²) in [4.78, 5) is 25.8. The summed E-state index contributed by atoms with van der Waals surface area (Å²) in [6, 6.07) is 12.9. The van der Waals surface area contributed by atoms with Gasteiger partial charge < -0.3 is 20.3 Å².